The average Bonchev–Trinajstić information content (AvgIpc) is 2.66. The molecule has 1 saturated carbocycles. The smallest absolute Gasteiger partial charge is 0.140 e. The van der Waals surface area contributed by atoms with Crippen LogP contribution in [0.15, 0.2) is 42.5 Å². The maximum Gasteiger partial charge on any atom is 0.140 e. The Morgan fingerprint density at radius 1 is 0.885 bits per heavy atom. The summed E-state index contributed by atoms with van der Waals surface area (Å²) in [7, 11) is 0. The number of carbonyl (C=O) groups excluding carboxylic acids is 2. The highest BCUT2D eigenvalue weighted by Crippen LogP contribution is 2.31. The van der Waals surface area contributed by atoms with Crippen LogP contribution in [0.4, 0.5) is 0 Å². The van der Waals surface area contributed by atoms with Gasteiger partial charge in [-0.1, -0.05) is 49.4 Å². The van der Waals surface area contributed by atoms with Crippen LogP contribution in [0.2, 0.25) is 0 Å². The lowest BCUT2D eigenvalue weighted by atomic mass is 9.82. The minimum Gasteiger partial charge on any atom is -0.396 e. The lowest BCUT2D eigenvalue weighted by Gasteiger charge is -2.20. The molecule has 0 amide bonds. The van der Waals surface area contributed by atoms with Crippen LogP contribution in [0, 0.1) is 5.41 Å². The Balaban J connectivity index is 0.000000260. The Labute approximate surface area is 153 Å². The molecule has 0 radical (unpaired) electrons. The SMILES string of the molecule is CC(CO)(CO)CO.O=C1CC(=O)CC(c2ccc3ccccc3c2)C1. The van der Waals surface area contributed by atoms with Gasteiger partial charge in [-0.25, -0.2) is 0 Å². The molecular weight excluding hydrogens is 332 g/mol. The molecule has 0 bridgehead atoms. The summed E-state index contributed by atoms with van der Waals surface area (Å²) in [6.45, 7) is 1.06. The monoisotopic (exact) mass is 358 g/mol. The first-order valence-electron chi connectivity index (χ1n) is 8.75. The quantitative estimate of drug-likeness (QED) is 0.729. The van der Waals surface area contributed by atoms with Crippen molar-refractivity contribution in [1.29, 1.82) is 0 Å². The number of hydrogen-bond donors (Lipinski definition) is 3. The van der Waals surface area contributed by atoms with E-state index in [1.165, 1.54) is 10.8 Å². The molecule has 0 heterocycles. The molecule has 1 aliphatic carbocycles. The van der Waals surface area contributed by atoms with Gasteiger partial charge >= 0.3 is 0 Å². The lowest BCUT2D eigenvalue weighted by molar-refractivity contribution is -0.130. The normalized spacial score (nSPS) is 15.7. The van der Waals surface area contributed by atoms with Crippen molar-refractivity contribution in [3.05, 3.63) is 48.0 Å². The lowest BCUT2D eigenvalue weighted by Crippen LogP contribution is -2.29. The summed E-state index contributed by atoms with van der Waals surface area (Å²) in [4.78, 5) is 23.0. The fourth-order valence-corrected chi connectivity index (χ4v) is 2.83. The highest BCUT2D eigenvalue weighted by molar-refractivity contribution is 6.02. The van der Waals surface area contributed by atoms with E-state index in [4.69, 9.17) is 15.3 Å². The molecule has 0 atom stereocenters. The van der Waals surface area contributed by atoms with Gasteiger partial charge in [-0.2, -0.15) is 0 Å². The van der Waals surface area contributed by atoms with E-state index in [1.807, 2.05) is 18.2 Å². The Morgan fingerprint density at radius 3 is 1.92 bits per heavy atom. The van der Waals surface area contributed by atoms with Crippen molar-refractivity contribution in [2.75, 3.05) is 19.8 Å². The van der Waals surface area contributed by atoms with E-state index in [1.54, 1.807) is 6.92 Å². The maximum absolute atomic E-state index is 11.5. The summed E-state index contributed by atoms with van der Waals surface area (Å²) in [5, 5.41) is 27.8. The van der Waals surface area contributed by atoms with E-state index in [0.717, 1.165) is 5.56 Å². The van der Waals surface area contributed by atoms with Crippen LogP contribution in [-0.4, -0.2) is 46.7 Å². The van der Waals surface area contributed by atoms with Crippen LogP contribution >= 0.6 is 0 Å². The van der Waals surface area contributed by atoms with Crippen molar-refractivity contribution in [2.45, 2.75) is 32.1 Å². The van der Waals surface area contributed by atoms with E-state index >= 15 is 0 Å². The summed E-state index contributed by atoms with van der Waals surface area (Å²) >= 11 is 0. The highest BCUT2D eigenvalue weighted by Gasteiger charge is 2.26. The van der Waals surface area contributed by atoms with Gasteiger partial charge in [0.2, 0.25) is 0 Å². The third kappa shape index (κ3) is 5.21. The number of fused-ring (bicyclic) bond motifs is 1. The van der Waals surface area contributed by atoms with Gasteiger partial charge in [-0.15, -0.1) is 0 Å². The summed E-state index contributed by atoms with van der Waals surface area (Å²) in [5.41, 5.74) is 0.398. The number of carbonyl (C=O) groups is 2. The predicted molar refractivity (Wildman–Crippen MR) is 99.9 cm³/mol. The van der Waals surface area contributed by atoms with Crippen molar-refractivity contribution >= 4 is 22.3 Å². The minimum atomic E-state index is -0.708. The Hall–Kier alpha value is -2.08. The van der Waals surface area contributed by atoms with E-state index in [0.29, 0.717) is 12.8 Å². The molecule has 1 fully saturated rings. The van der Waals surface area contributed by atoms with Crippen LogP contribution in [0.25, 0.3) is 10.8 Å². The first-order valence-corrected chi connectivity index (χ1v) is 8.75. The number of ketones is 2. The fraction of sp³-hybridized carbons (Fsp3) is 0.429. The summed E-state index contributed by atoms with van der Waals surface area (Å²) in [5.74, 6) is 0.220. The van der Waals surface area contributed by atoms with E-state index in [2.05, 4.69) is 24.3 Å². The zero-order valence-electron chi connectivity index (χ0n) is 15.0. The second-order valence-corrected chi connectivity index (χ2v) is 7.25. The van der Waals surface area contributed by atoms with Crippen molar-refractivity contribution in [3.8, 4) is 0 Å². The molecule has 0 unspecified atom stereocenters. The number of rotatable bonds is 4. The molecule has 2 aromatic rings. The van der Waals surface area contributed by atoms with Gasteiger partial charge in [-0.05, 0) is 22.3 Å². The molecule has 5 heteroatoms. The van der Waals surface area contributed by atoms with Gasteiger partial charge in [0.1, 0.15) is 11.6 Å². The molecule has 0 aromatic heterocycles. The maximum atomic E-state index is 11.5. The van der Waals surface area contributed by atoms with Gasteiger partial charge < -0.3 is 15.3 Å². The van der Waals surface area contributed by atoms with Gasteiger partial charge in [-0.3, -0.25) is 9.59 Å². The van der Waals surface area contributed by atoms with Crippen LogP contribution in [0.1, 0.15) is 37.7 Å². The number of hydrogen-bond acceptors (Lipinski definition) is 5. The van der Waals surface area contributed by atoms with Gasteiger partial charge in [0.15, 0.2) is 0 Å². The number of aliphatic hydroxyl groups is 3. The Kier molecular flexibility index (Phi) is 7.03. The summed E-state index contributed by atoms with van der Waals surface area (Å²) in [6, 6.07) is 14.3. The molecule has 140 valence electrons. The van der Waals surface area contributed by atoms with Crippen molar-refractivity contribution in [3.63, 3.8) is 0 Å². The van der Waals surface area contributed by atoms with Crippen LogP contribution in [0.3, 0.4) is 0 Å². The second-order valence-electron chi connectivity index (χ2n) is 7.25. The zero-order valence-corrected chi connectivity index (χ0v) is 15.0. The standard InChI is InChI=1S/C16H14O2.C5H12O3/c17-15-8-14(9-16(18)10-15)13-6-5-11-3-1-2-4-12(11)7-13;1-5(2-6,3-7)4-8/h1-7,14H,8-10H2;6-8H,2-4H2,1H3. The first kappa shape index (κ1) is 20.2. The number of aliphatic hydroxyl groups excluding tert-OH is 3. The third-order valence-corrected chi connectivity index (χ3v) is 4.73. The van der Waals surface area contributed by atoms with E-state index in [9.17, 15) is 9.59 Å². The van der Waals surface area contributed by atoms with Crippen LogP contribution < -0.4 is 0 Å². The molecule has 0 aliphatic heterocycles. The molecule has 0 saturated heterocycles. The fourth-order valence-electron chi connectivity index (χ4n) is 2.83. The van der Waals surface area contributed by atoms with E-state index in [-0.39, 0.29) is 43.7 Å². The topological polar surface area (TPSA) is 94.8 Å². The molecule has 2 aromatic carbocycles. The third-order valence-electron chi connectivity index (χ3n) is 4.73. The van der Waals surface area contributed by atoms with Gasteiger partial charge in [0, 0.05) is 18.3 Å². The molecule has 3 rings (SSSR count). The molecule has 3 N–H and O–H groups in total. The van der Waals surface area contributed by atoms with Crippen LogP contribution in [-0.2, 0) is 9.59 Å². The largest absolute Gasteiger partial charge is 0.396 e. The molecule has 5 nitrogen and oxygen atoms in total. The highest BCUT2D eigenvalue weighted by atomic mass is 16.3. The molecule has 26 heavy (non-hydrogen) atoms. The zero-order chi connectivity index (χ0) is 19.2. The second kappa shape index (κ2) is 9.03. The molecule has 1 aliphatic rings. The minimum absolute atomic E-state index is 0.0726. The number of Topliss-reactive ketones (excluding diaryl/α,β-unsaturated/α-hetero) is 2. The van der Waals surface area contributed by atoms with E-state index < -0.39 is 5.41 Å². The predicted octanol–water partition coefficient (Wildman–Crippen LogP) is 2.22. The first-order chi connectivity index (χ1) is 12.4. The van der Waals surface area contributed by atoms with Gasteiger partial charge in [0.25, 0.3) is 0 Å². The molecule has 0 spiro atoms. The van der Waals surface area contributed by atoms with Gasteiger partial charge in [0.05, 0.1) is 26.2 Å². The average molecular weight is 358 g/mol. The summed E-state index contributed by atoms with van der Waals surface area (Å²) in [6.07, 6.45) is 1.14. The van der Waals surface area contributed by atoms with Crippen molar-refractivity contribution < 1.29 is 24.9 Å². The Bertz CT molecular complexity index is 740. The Morgan fingerprint density at radius 2 is 1.42 bits per heavy atom. The van der Waals surface area contributed by atoms with Crippen molar-refractivity contribution in [1.82, 2.24) is 0 Å². The van der Waals surface area contributed by atoms with Crippen molar-refractivity contribution in [2.24, 2.45) is 5.41 Å². The molecular formula is C21H26O5. The summed E-state index contributed by atoms with van der Waals surface area (Å²) < 4.78 is 0. The number of benzene rings is 2. The van der Waals surface area contributed by atoms with Crippen LogP contribution in [0.5, 0.6) is 0 Å².